The molecule has 0 aliphatic carbocycles. The van der Waals surface area contributed by atoms with Gasteiger partial charge in [0, 0.05) is 10.9 Å². The molecule has 0 radical (unpaired) electrons. The van der Waals surface area contributed by atoms with Crippen LogP contribution in [0.5, 0.6) is 0 Å². The van der Waals surface area contributed by atoms with Gasteiger partial charge < -0.3 is 9.72 Å². The van der Waals surface area contributed by atoms with Crippen LogP contribution in [0.4, 0.5) is 10.1 Å². The van der Waals surface area contributed by atoms with E-state index in [4.69, 9.17) is 0 Å². The van der Waals surface area contributed by atoms with Gasteiger partial charge in [0.05, 0.1) is 17.7 Å². The number of anilines is 1. The van der Waals surface area contributed by atoms with Crippen molar-refractivity contribution >= 4 is 32.6 Å². The first-order chi connectivity index (χ1) is 11.4. The summed E-state index contributed by atoms with van der Waals surface area (Å²) in [5.74, 6) is -1.25. The molecule has 0 saturated heterocycles. The maximum absolute atomic E-state index is 13.0. The van der Waals surface area contributed by atoms with Crippen LogP contribution in [0.25, 0.3) is 10.9 Å². The van der Waals surface area contributed by atoms with Crippen LogP contribution in [0.2, 0.25) is 0 Å². The highest BCUT2D eigenvalue weighted by atomic mass is 32.2. The van der Waals surface area contributed by atoms with E-state index in [0.29, 0.717) is 10.9 Å². The summed E-state index contributed by atoms with van der Waals surface area (Å²) < 4.78 is 45.1. The summed E-state index contributed by atoms with van der Waals surface area (Å²) in [6.45, 7) is 0. The first-order valence-corrected chi connectivity index (χ1v) is 8.38. The van der Waals surface area contributed by atoms with E-state index in [1.807, 2.05) is 0 Å². The minimum atomic E-state index is -4.00. The van der Waals surface area contributed by atoms with Crippen molar-refractivity contribution < 1.29 is 22.3 Å². The number of hydrogen-bond donors (Lipinski definition) is 2. The number of para-hydroxylation sites is 1. The zero-order valence-electron chi connectivity index (χ0n) is 12.5. The second-order valence-electron chi connectivity index (χ2n) is 4.97. The minimum Gasteiger partial charge on any atom is -0.464 e. The molecular weight excluding hydrogens is 335 g/mol. The number of H-pyrrole nitrogens is 1. The van der Waals surface area contributed by atoms with Gasteiger partial charge in [0.15, 0.2) is 5.69 Å². The van der Waals surface area contributed by atoms with Crippen molar-refractivity contribution in [3.8, 4) is 0 Å². The zero-order valence-corrected chi connectivity index (χ0v) is 13.4. The molecule has 1 aromatic heterocycles. The molecule has 0 fully saturated rings. The molecule has 0 atom stereocenters. The van der Waals surface area contributed by atoms with Gasteiger partial charge >= 0.3 is 5.97 Å². The number of benzene rings is 2. The van der Waals surface area contributed by atoms with Gasteiger partial charge in [-0.3, -0.25) is 4.72 Å². The second-order valence-corrected chi connectivity index (χ2v) is 6.65. The molecule has 0 amide bonds. The van der Waals surface area contributed by atoms with Gasteiger partial charge in [0.25, 0.3) is 10.0 Å². The molecule has 1 heterocycles. The maximum Gasteiger partial charge on any atom is 0.356 e. The SMILES string of the molecule is COC(=O)c1[nH]c2ccccc2c1NS(=O)(=O)c1ccc(F)cc1. The lowest BCUT2D eigenvalue weighted by Crippen LogP contribution is -2.15. The van der Waals surface area contributed by atoms with Crippen LogP contribution in [0.1, 0.15) is 10.5 Å². The van der Waals surface area contributed by atoms with Crippen LogP contribution >= 0.6 is 0 Å². The fraction of sp³-hybridized carbons (Fsp3) is 0.0625. The fourth-order valence-corrected chi connectivity index (χ4v) is 3.40. The molecule has 0 bridgehead atoms. The molecule has 0 aliphatic heterocycles. The Hall–Kier alpha value is -2.87. The van der Waals surface area contributed by atoms with Gasteiger partial charge in [-0.15, -0.1) is 0 Å². The lowest BCUT2D eigenvalue weighted by atomic mass is 10.2. The number of carbonyl (C=O) groups excluding carboxylic acids is 1. The highest BCUT2D eigenvalue weighted by molar-refractivity contribution is 7.92. The summed E-state index contributed by atoms with van der Waals surface area (Å²) in [5, 5.41) is 0.517. The fourth-order valence-electron chi connectivity index (χ4n) is 2.31. The first-order valence-electron chi connectivity index (χ1n) is 6.90. The molecule has 0 unspecified atom stereocenters. The Balaban J connectivity index is 2.11. The maximum atomic E-state index is 13.0. The van der Waals surface area contributed by atoms with Crippen LogP contribution in [0, 0.1) is 5.82 Å². The largest absolute Gasteiger partial charge is 0.464 e. The minimum absolute atomic E-state index is 0.00983. The first kappa shape index (κ1) is 16.0. The quantitative estimate of drug-likeness (QED) is 0.710. The third-order valence-electron chi connectivity index (χ3n) is 3.46. The molecule has 24 heavy (non-hydrogen) atoms. The van der Waals surface area contributed by atoms with E-state index in [0.717, 1.165) is 24.3 Å². The van der Waals surface area contributed by atoms with Crippen molar-refractivity contribution in [3.05, 3.63) is 60.0 Å². The number of ether oxygens (including phenoxy) is 1. The smallest absolute Gasteiger partial charge is 0.356 e. The van der Waals surface area contributed by atoms with E-state index >= 15 is 0 Å². The standard InChI is InChI=1S/C16H13FN2O4S/c1-23-16(20)15-14(12-4-2-3-5-13(12)18-15)19-24(21,22)11-8-6-10(17)7-9-11/h2-9,18-19H,1H3. The van der Waals surface area contributed by atoms with Crippen molar-refractivity contribution in [2.24, 2.45) is 0 Å². The van der Waals surface area contributed by atoms with Crippen LogP contribution in [-0.2, 0) is 14.8 Å². The Morgan fingerprint density at radius 3 is 2.46 bits per heavy atom. The molecule has 0 saturated carbocycles. The number of methoxy groups -OCH3 is 1. The van der Waals surface area contributed by atoms with Crippen LogP contribution in [0.15, 0.2) is 53.4 Å². The summed E-state index contributed by atoms with van der Waals surface area (Å²) in [7, 11) is -2.80. The van der Waals surface area contributed by atoms with Gasteiger partial charge in [-0.2, -0.15) is 0 Å². The lowest BCUT2D eigenvalue weighted by molar-refractivity contribution is 0.0596. The number of fused-ring (bicyclic) bond motifs is 1. The predicted octanol–water partition coefficient (Wildman–Crippen LogP) is 2.89. The Bertz CT molecular complexity index is 1010. The monoisotopic (exact) mass is 348 g/mol. The number of halogens is 1. The molecule has 124 valence electrons. The van der Waals surface area contributed by atoms with Crippen molar-refractivity contribution in [1.82, 2.24) is 4.98 Å². The number of aromatic nitrogens is 1. The zero-order chi connectivity index (χ0) is 17.3. The summed E-state index contributed by atoms with van der Waals surface area (Å²) in [5.41, 5.74) is 0.654. The van der Waals surface area contributed by atoms with E-state index in [1.54, 1.807) is 24.3 Å². The second kappa shape index (κ2) is 5.97. The summed E-state index contributed by atoms with van der Waals surface area (Å²) in [6.07, 6.45) is 0. The molecule has 0 aliphatic rings. The highest BCUT2D eigenvalue weighted by Crippen LogP contribution is 2.30. The number of esters is 1. The Labute approximate surface area is 137 Å². The number of aromatic amines is 1. The number of nitrogens with one attached hydrogen (secondary N) is 2. The predicted molar refractivity (Wildman–Crippen MR) is 86.8 cm³/mol. The Kier molecular flexibility index (Phi) is 3.98. The Morgan fingerprint density at radius 2 is 1.79 bits per heavy atom. The molecule has 3 rings (SSSR count). The number of rotatable bonds is 4. The summed E-state index contributed by atoms with van der Waals surface area (Å²) in [6, 6.07) is 11.2. The molecule has 2 N–H and O–H groups in total. The van der Waals surface area contributed by atoms with Crippen molar-refractivity contribution in [1.29, 1.82) is 0 Å². The van der Waals surface area contributed by atoms with E-state index in [-0.39, 0.29) is 16.3 Å². The summed E-state index contributed by atoms with van der Waals surface area (Å²) >= 11 is 0. The van der Waals surface area contributed by atoms with Gasteiger partial charge in [0.1, 0.15) is 5.82 Å². The number of sulfonamides is 1. The van der Waals surface area contributed by atoms with Gasteiger partial charge in [-0.05, 0) is 30.3 Å². The molecule has 0 spiro atoms. The van der Waals surface area contributed by atoms with Gasteiger partial charge in [-0.25, -0.2) is 17.6 Å². The average molecular weight is 348 g/mol. The average Bonchev–Trinajstić information content (AvgIpc) is 2.93. The van der Waals surface area contributed by atoms with Gasteiger partial charge in [-0.1, -0.05) is 18.2 Å². The molecular formula is C16H13FN2O4S. The summed E-state index contributed by atoms with van der Waals surface area (Å²) in [4.78, 5) is 14.6. The van der Waals surface area contributed by atoms with Crippen LogP contribution in [0.3, 0.4) is 0 Å². The normalized spacial score (nSPS) is 11.4. The third-order valence-corrected chi connectivity index (χ3v) is 4.82. The van der Waals surface area contributed by atoms with Crippen LogP contribution < -0.4 is 4.72 Å². The third kappa shape index (κ3) is 2.83. The van der Waals surface area contributed by atoms with Crippen molar-refractivity contribution in [2.75, 3.05) is 11.8 Å². The molecule has 2 aromatic carbocycles. The lowest BCUT2D eigenvalue weighted by Gasteiger charge is -2.09. The molecule has 3 aromatic rings. The van der Waals surface area contributed by atoms with E-state index in [1.165, 1.54) is 7.11 Å². The molecule has 6 nitrogen and oxygen atoms in total. The van der Waals surface area contributed by atoms with Crippen molar-refractivity contribution in [3.63, 3.8) is 0 Å². The number of hydrogen-bond acceptors (Lipinski definition) is 4. The van der Waals surface area contributed by atoms with Crippen LogP contribution in [-0.4, -0.2) is 26.5 Å². The van der Waals surface area contributed by atoms with Gasteiger partial charge in [0.2, 0.25) is 0 Å². The highest BCUT2D eigenvalue weighted by Gasteiger charge is 2.23. The topological polar surface area (TPSA) is 88.3 Å². The Morgan fingerprint density at radius 1 is 1.12 bits per heavy atom. The van der Waals surface area contributed by atoms with E-state index in [9.17, 15) is 17.6 Å². The van der Waals surface area contributed by atoms with Crippen molar-refractivity contribution in [2.45, 2.75) is 4.90 Å². The van der Waals surface area contributed by atoms with E-state index < -0.39 is 21.8 Å². The molecule has 8 heteroatoms. The van der Waals surface area contributed by atoms with E-state index in [2.05, 4.69) is 14.4 Å². The number of carbonyl (C=O) groups is 1.